The molecule has 2 saturated heterocycles. The van der Waals surface area contributed by atoms with Crippen LogP contribution in [0.2, 0.25) is 5.02 Å². The highest BCUT2D eigenvalue weighted by molar-refractivity contribution is 6.30. The molecule has 2 heterocycles. The summed E-state index contributed by atoms with van der Waals surface area (Å²) >= 11 is 6.01. The normalized spacial score (nSPS) is 30.5. The fourth-order valence-corrected chi connectivity index (χ4v) is 7.22. The number of benzene rings is 1. The standard InChI is InChI=1S/C31H42ClN5O5/c1-30(2,3)24(36-27(40)19-13-18(19)15-6-8-17(32)9-7-15)29(42)37-14-20-22(31(20,4)5)23(37)28(41)35-21(25(33)38)12-16-10-11-34-26(16)39/h6-9,16,18-24H,10-14H2,1-5H3,(H2,33,38)(H,34,39)(H,35,41)(H,36,40)/t16-,18-,19+,20-,21-,22-,23-,24+/m0/s1. The molecule has 4 fully saturated rings. The zero-order valence-electron chi connectivity index (χ0n) is 24.9. The number of rotatable bonds is 9. The van der Waals surface area contributed by atoms with Gasteiger partial charge in [-0.15, -0.1) is 0 Å². The number of carbonyl (C=O) groups excluding carboxylic acids is 5. The Balaban J connectivity index is 1.31. The predicted molar refractivity (Wildman–Crippen MR) is 157 cm³/mol. The van der Waals surface area contributed by atoms with Gasteiger partial charge in [-0.25, -0.2) is 0 Å². The molecule has 0 bridgehead atoms. The number of fused-ring (bicyclic) bond motifs is 1. The predicted octanol–water partition coefficient (Wildman–Crippen LogP) is 1.95. The van der Waals surface area contributed by atoms with Gasteiger partial charge in [-0.3, -0.25) is 24.0 Å². The van der Waals surface area contributed by atoms with E-state index in [9.17, 15) is 24.0 Å². The molecule has 11 heteroatoms. The van der Waals surface area contributed by atoms with Gasteiger partial charge < -0.3 is 26.6 Å². The average molecular weight is 600 g/mol. The summed E-state index contributed by atoms with van der Waals surface area (Å²) in [6, 6.07) is 4.79. The van der Waals surface area contributed by atoms with Crippen molar-refractivity contribution in [1.82, 2.24) is 20.9 Å². The zero-order valence-corrected chi connectivity index (χ0v) is 25.7. The van der Waals surface area contributed by atoms with Gasteiger partial charge in [-0.05, 0) is 65.5 Å². The number of amides is 5. The zero-order chi connectivity index (χ0) is 30.7. The number of hydrogen-bond acceptors (Lipinski definition) is 5. The Bertz CT molecular complexity index is 1290. The highest BCUT2D eigenvalue weighted by atomic mass is 35.5. The van der Waals surface area contributed by atoms with Crippen LogP contribution in [0.25, 0.3) is 0 Å². The number of hydrogen-bond donors (Lipinski definition) is 4. The smallest absolute Gasteiger partial charge is 0.246 e. The fraction of sp³-hybridized carbons (Fsp3) is 0.645. The lowest BCUT2D eigenvalue weighted by molar-refractivity contribution is -0.146. The molecule has 1 aromatic rings. The third-order valence-electron chi connectivity index (χ3n) is 9.93. The quantitative estimate of drug-likeness (QED) is 0.342. The molecule has 5 N–H and O–H groups in total. The number of nitrogens with two attached hydrogens (primary N) is 1. The number of carbonyl (C=O) groups is 5. The van der Waals surface area contributed by atoms with E-state index in [2.05, 4.69) is 29.8 Å². The molecule has 2 aliphatic heterocycles. The molecule has 1 aromatic carbocycles. The first kappa shape index (κ1) is 30.3. The summed E-state index contributed by atoms with van der Waals surface area (Å²) in [5.41, 5.74) is 5.91. The Morgan fingerprint density at radius 2 is 1.79 bits per heavy atom. The minimum absolute atomic E-state index is 0.0735. The van der Waals surface area contributed by atoms with Gasteiger partial charge in [0, 0.05) is 29.9 Å². The van der Waals surface area contributed by atoms with Gasteiger partial charge in [-0.2, -0.15) is 0 Å². The van der Waals surface area contributed by atoms with Gasteiger partial charge in [0.1, 0.15) is 18.1 Å². The van der Waals surface area contributed by atoms with E-state index in [1.165, 1.54) is 0 Å². The van der Waals surface area contributed by atoms with Crippen molar-refractivity contribution >= 4 is 41.1 Å². The number of nitrogens with zero attached hydrogens (tertiary/aromatic N) is 1. The maximum Gasteiger partial charge on any atom is 0.246 e. The van der Waals surface area contributed by atoms with Crippen LogP contribution in [0, 0.1) is 34.5 Å². The molecular weight excluding hydrogens is 558 g/mol. The third kappa shape index (κ3) is 5.74. The molecule has 10 nitrogen and oxygen atoms in total. The van der Waals surface area contributed by atoms with E-state index in [4.69, 9.17) is 17.3 Å². The minimum atomic E-state index is -1.03. The summed E-state index contributed by atoms with van der Waals surface area (Å²) < 4.78 is 0. The largest absolute Gasteiger partial charge is 0.368 e. The topological polar surface area (TPSA) is 151 Å². The van der Waals surface area contributed by atoms with Gasteiger partial charge in [0.2, 0.25) is 29.5 Å². The fourth-order valence-electron chi connectivity index (χ4n) is 7.10. The molecule has 2 saturated carbocycles. The van der Waals surface area contributed by atoms with Crippen molar-refractivity contribution in [3.8, 4) is 0 Å². The molecule has 0 unspecified atom stereocenters. The first-order chi connectivity index (χ1) is 19.6. The Labute approximate surface area is 251 Å². The molecule has 5 amide bonds. The number of primary amides is 1. The van der Waals surface area contributed by atoms with Gasteiger partial charge in [-0.1, -0.05) is 58.4 Å². The summed E-state index contributed by atoms with van der Waals surface area (Å²) in [6.45, 7) is 10.7. The molecule has 0 aromatic heterocycles. The highest BCUT2D eigenvalue weighted by Gasteiger charge is 2.70. The number of likely N-dealkylation sites (tertiary alicyclic amines) is 1. The lowest BCUT2D eigenvalue weighted by Crippen LogP contribution is -2.60. The molecule has 5 rings (SSSR count). The van der Waals surface area contributed by atoms with E-state index in [1.807, 2.05) is 45.0 Å². The summed E-state index contributed by atoms with van der Waals surface area (Å²) in [6.07, 6.45) is 1.37. The Morgan fingerprint density at radius 1 is 1.12 bits per heavy atom. The van der Waals surface area contributed by atoms with E-state index in [1.54, 1.807) is 4.90 Å². The van der Waals surface area contributed by atoms with Crippen molar-refractivity contribution in [3.63, 3.8) is 0 Å². The minimum Gasteiger partial charge on any atom is -0.368 e. The monoisotopic (exact) mass is 599 g/mol. The molecule has 0 spiro atoms. The number of halogens is 1. The second kappa shape index (κ2) is 10.8. The Kier molecular flexibility index (Phi) is 7.83. The van der Waals surface area contributed by atoms with Gasteiger partial charge in [0.25, 0.3) is 0 Å². The van der Waals surface area contributed by atoms with Crippen molar-refractivity contribution in [2.75, 3.05) is 13.1 Å². The van der Waals surface area contributed by atoms with Crippen LogP contribution < -0.4 is 21.7 Å². The van der Waals surface area contributed by atoms with Crippen LogP contribution in [0.1, 0.15) is 65.4 Å². The van der Waals surface area contributed by atoms with Crippen LogP contribution in [0.5, 0.6) is 0 Å². The summed E-state index contributed by atoms with van der Waals surface area (Å²) in [5.74, 6) is -2.35. The van der Waals surface area contributed by atoms with Gasteiger partial charge >= 0.3 is 0 Å². The Hall–Kier alpha value is -3.14. The van der Waals surface area contributed by atoms with Crippen molar-refractivity contribution in [2.45, 2.75) is 77.9 Å². The maximum absolute atomic E-state index is 14.2. The summed E-state index contributed by atoms with van der Waals surface area (Å²) in [5, 5.41) is 9.17. The van der Waals surface area contributed by atoms with Crippen LogP contribution >= 0.6 is 11.6 Å². The van der Waals surface area contributed by atoms with E-state index in [-0.39, 0.29) is 53.2 Å². The van der Waals surface area contributed by atoms with Crippen LogP contribution in [-0.4, -0.2) is 65.7 Å². The van der Waals surface area contributed by atoms with Crippen molar-refractivity contribution in [2.24, 2.45) is 40.2 Å². The van der Waals surface area contributed by atoms with Crippen LogP contribution in [0.3, 0.4) is 0 Å². The molecule has 2 aliphatic carbocycles. The van der Waals surface area contributed by atoms with E-state index in [0.29, 0.717) is 31.0 Å². The molecule has 8 atom stereocenters. The van der Waals surface area contributed by atoms with Crippen molar-refractivity contribution in [1.29, 1.82) is 0 Å². The van der Waals surface area contributed by atoms with Gasteiger partial charge in [0.05, 0.1) is 0 Å². The second-order valence-electron chi connectivity index (χ2n) is 14.2. The molecule has 4 aliphatic rings. The van der Waals surface area contributed by atoms with Crippen LogP contribution in [0.15, 0.2) is 24.3 Å². The summed E-state index contributed by atoms with van der Waals surface area (Å²) in [4.78, 5) is 67.3. The average Bonchev–Trinajstić information content (AvgIpc) is 3.65. The second-order valence-corrected chi connectivity index (χ2v) is 14.6. The van der Waals surface area contributed by atoms with E-state index >= 15 is 0 Å². The third-order valence-corrected chi connectivity index (χ3v) is 10.2. The number of nitrogens with one attached hydrogen (secondary N) is 3. The lowest BCUT2D eigenvalue weighted by Gasteiger charge is -2.38. The van der Waals surface area contributed by atoms with Crippen molar-refractivity contribution in [3.05, 3.63) is 34.9 Å². The highest BCUT2D eigenvalue weighted by Crippen LogP contribution is 2.65. The van der Waals surface area contributed by atoms with Crippen LogP contribution in [-0.2, 0) is 24.0 Å². The van der Waals surface area contributed by atoms with E-state index in [0.717, 1.165) is 5.56 Å². The maximum atomic E-state index is 14.2. The molecule has 0 radical (unpaired) electrons. The van der Waals surface area contributed by atoms with Crippen LogP contribution in [0.4, 0.5) is 0 Å². The first-order valence-corrected chi connectivity index (χ1v) is 15.2. The molecule has 228 valence electrons. The number of piperidine rings is 1. The van der Waals surface area contributed by atoms with E-state index < -0.39 is 41.3 Å². The van der Waals surface area contributed by atoms with Gasteiger partial charge in [0.15, 0.2) is 0 Å². The SMILES string of the molecule is CC(C)(C)[C@H](NC(=O)[C@@H]1C[C@H]1c1ccc(Cl)cc1)C(=O)N1C[C@H]2[C@@H]([C@H]1C(=O)N[C@@H](C[C@@H]1CCNC1=O)C(N)=O)C2(C)C. The summed E-state index contributed by atoms with van der Waals surface area (Å²) in [7, 11) is 0. The molecule has 42 heavy (non-hydrogen) atoms. The van der Waals surface area contributed by atoms with Crippen molar-refractivity contribution < 1.29 is 24.0 Å². The Morgan fingerprint density at radius 3 is 2.36 bits per heavy atom. The first-order valence-electron chi connectivity index (χ1n) is 14.8. The lowest BCUT2D eigenvalue weighted by atomic mass is 9.85. The molecular formula is C31H42ClN5O5.